The number of hydrogen-bond acceptors (Lipinski definition) is 5. The minimum absolute atomic E-state index is 0.215. The van der Waals surface area contributed by atoms with Crippen LogP contribution in [0.2, 0.25) is 0 Å². The van der Waals surface area contributed by atoms with Crippen molar-refractivity contribution in [3.63, 3.8) is 0 Å². The van der Waals surface area contributed by atoms with Gasteiger partial charge < -0.3 is 9.84 Å². The molecule has 4 aromatic rings. The maximum Gasteiger partial charge on any atom is 0.259 e. The lowest BCUT2D eigenvalue weighted by Crippen LogP contribution is -2.27. The second kappa shape index (κ2) is 7.19. The van der Waals surface area contributed by atoms with Crippen LogP contribution in [0.3, 0.4) is 0 Å². The normalized spacial score (nSPS) is 12.1. The van der Waals surface area contributed by atoms with Crippen LogP contribution in [0.1, 0.15) is 34.6 Å². The number of aryl methyl sites for hydroxylation is 1. The van der Waals surface area contributed by atoms with Crippen LogP contribution in [0.25, 0.3) is 22.4 Å². The van der Waals surface area contributed by atoms with Crippen LogP contribution in [-0.2, 0) is 0 Å². The van der Waals surface area contributed by atoms with Gasteiger partial charge in [-0.2, -0.15) is 0 Å². The fourth-order valence-electron chi connectivity index (χ4n) is 3.05. The predicted octanol–water partition coefficient (Wildman–Crippen LogP) is 4.22. The van der Waals surface area contributed by atoms with Crippen LogP contribution in [0.4, 0.5) is 4.39 Å². The van der Waals surface area contributed by atoms with Crippen molar-refractivity contribution in [3.05, 3.63) is 77.5 Å². The summed E-state index contributed by atoms with van der Waals surface area (Å²) in [5.74, 6) is -0.615. The molecule has 1 atom stereocenters. The average Bonchev–Trinajstić information content (AvgIpc) is 3.09. The zero-order valence-corrected chi connectivity index (χ0v) is 15.3. The number of hydrogen-bond donors (Lipinski definition) is 1. The summed E-state index contributed by atoms with van der Waals surface area (Å²) in [6, 6.07) is 11.1. The van der Waals surface area contributed by atoms with Gasteiger partial charge in [-0.05, 0) is 61.9 Å². The van der Waals surface area contributed by atoms with Crippen molar-refractivity contribution in [1.82, 2.24) is 20.4 Å². The number of carbonyl (C=O) groups excluding carboxylic acids is 1. The molecule has 1 N–H and O–H groups in total. The van der Waals surface area contributed by atoms with E-state index in [9.17, 15) is 9.18 Å². The smallest absolute Gasteiger partial charge is 0.259 e. The van der Waals surface area contributed by atoms with E-state index in [1.807, 2.05) is 19.1 Å². The molecular weight excluding hydrogens is 359 g/mol. The number of benzene rings is 1. The molecule has 3 aromatic heterocycles. The van der Waals surface area contributed by atoms with Gasteiger partial charge in [0, 0.05) is 18.0 Å². The monoisotopic (exact) mass is 376 g/mol. The number of carbonyl (C=O) groups is 1. The Morgan fingerprint density at radius 1 is 1.14 bits per heavy atom. The molecular formula is C21H17FN4O2. The van der Waals surface area contributed by atoms with E-state index in [4.69, 9.17) is 4.52 Å². The van der Waals surface area contributed by atoms with E-state index in [1.165, 1.54) is 12.1 Å². The highest BCUT2D eigenvalue weighted by molar-refractivity contribution is 6.07. The largest absolute Gasteiger partial charge is 0.345 e. The van der Waals surface area contributed by atoms with Gasteiger partial charge in [-0.3, -0.25) is 9.78 Å². The fourth-order valence-corrected chi connectivity index (χ4v) is 3.05. The van der Waals surface area contributed by atoms with Crippen LogP contribution in [0, 0.1) is 12.7 Å². The molecule has 0 bridgehead atoms. The van der Waals surface area contributed by atoms with Gasteiger partial charge in [-0.1, -0.05) is 5.16 Å². The Balaban J connectivity index is 1.75. The number of rotatable bonds is 4. The van der Waals surface area contributed by atoms with Crippen molar-refractivity contribution in [2.24, 2.45) is 0 Å². The molecule has 7 heteroatoms. The van der Waals surface area contributed by atoms with Crippen molar-refractivity contribution in [2.45, 2.75) is 19.9 Å². The summed E-state index contributed by atoms with van der Waals surface area (Å²) in [4.78, 5) is 21.5. The molecule has 0 aliphatic rings. The van der Waals surface area contributed by atoms with E-state index in [0.717, 1.165) is 5.56 Å². The molecule has 28 heavy (non-hydrogen) atoms. The highest BCUT2D eigenvalue weighted by Gasteiger charge is 2.21. The highest BCUT2D eigenvalue weighted by atomic mass is 19.1. The molecule has 0 fully saturated rings. The Morgan fingerprint density at radius 2 is 1.86 bits per heavy atom. The number of nitrogens with one attached hydrogen (secondary N) is 1. The number of pyridine rings is 2. The first-order valence-corrected chi connectivity index (χ1v) is 8.76. The standard InChI is InChI=1S/C21H17FN4O2/c1-12(14-7-9-23-10-8-14)24-20(27)17-11-18(15-3-5-16(22)6-4-15)25-21-19(17)13(2)26-28-21/h3-12H,1-2H3,(H,24,27)/t12-/m1/s1. The third-order valence-corrected chi connectivity index (χ3v) is 4.56. The lowest BCUT2D eigenvalue weighted by atomic mass is 10.0. The number of nitrogens with zero attached hydrogens (tertiary/aromatic N) is 3. The molecule has 0 saturated heterocycles. The van der Waals surface area contributed by atoms with Crippen LogP contribution in [0.5, 0.6) is 0 Å². The van der Waals surface area contributed by atoms with Gasteiger partial charge >= 0.3 is 0 Å². The van der Waals surface area contributed by atoms with Gasteiger partial charge in [-0.25, -0.2) is 9.37 Å². The minimum Gasteiger partial charge on any atom is -0.345 e. The maximum absolute atomic E-state index is 13.3. The van der Waals surface area contributed by atoms with Crippen LogP contribution in [0.15, 0.2) is 59.4 Å². The minimum atomic E-state index is -0.343. The van der Waals surface area contributed by atoms with E-state index in [0.29, 0.717) is 27.9 Å². The van der Waals surface area contributed by atoms with E-state index in [2.05, 4.69) is 20.4 Å². The lowest BCUT2D eigenvalue weighted by molar-refractivity contribution is 0.0941. The summed E-state index contributed by atoms with van der Waals surface area (Å²) in [5.41, 5.74) is 3.37. The zero-order valence-electron chi connectivity index (χ0n) is 15.3. The second-order valence-electron chi connectivity index (χ2n) is 6.49. The molecule has 0 spiro atoms. The molecule has 0 radical (unpaired) electrons. The average molecular weight is 376 g/mol. The first kappa shape index (κ1) is 17.8. The molecule has 0 unspecified atom stereocenters. The van der Waals surface area contributed by atoms with E-state index in [-0.39, 0.29) is 23.5 Å². The Bertz CT molecular complexity index is 1140. The first-order chi connectivity index (χ1) is 13.5. The topological polar surface area (TPSA) is 80.9 Å². The first-order valence-electron chi connectivity index (χ1n) is 8.76. The van der Waals surface area contributed by atoms with Gasteiger partial charge in [0.1, 0.15) is 5.82 Å². The summed E-state index contributed by atoms with van der Waals surface area (Å²) in [7, 11) is 0. The van der Waals surface area contributed by atoms with Crippen LogP contribution in [-0.4, -0.2) is 21.0 Å². The molecule has 4 rings (SSSR count). The van der Waals surface area contributed by atoms with Gasteiger partial charge in [0.2, 0.25) is 0 Å². The van der Waals surface area contributed by atoms with E-state index < -0.39 is 0 Å². The van der Waals surface area contributed by atoms with Crippen molar-refractivity contribution in [1.29, 1.82) is 0 Å². The molecule has 0 aliphatic heterocycles. The number of amides is 1. The Morgan fingerprint density at radius 3 is 2.57 bits per heavy atom. The van der Waals surface area contributed by atoms with Crippen molar-refractivity contribution < 1.29 is 13.7 Å². The Labute approximate surface area is 160 Å². The predicted molar refractivity (Wildman–Crippen MR) is 102 cm³/mol. The second-order valence-corrected chi connectivity index (χ2v) is 6.49. The quantitative estimate of drug-likeness (QED) is 0.577. The SMILES string of the molecule is Cc1noc2nc(-c3ccc(F)cc3)cc(C(=O)N[C@H](C)c3ccncc3)c12. The molecule has 1 amide bonds. The molecule has 0 aliphatic carbocycles. The van der Waals surface area contributed by atoms with Gasteiger partial charge in [0.25, 0.3) is 11.6 Å². The number of halogens is 1. The summed E-state index contributed by atoms with van der Waals surface area (Å²) >= 11 is 0. The molecule has 6 nitrogen and oxygen atoms in total. The maximum atomic E-state index is 13.3. The van der Waals surface area contributed by atoms with Crippen LogP contribution < -0.4 is 5.32 Å². The summed E-state index contributed by atoms with van der Waals surface area (Å²) in [5, 5.41) is 7.49. The van der Waals surface area contributed by atoms with E-state index in [1.54, 1.807) is 37.5 Å². The summed E-state index contributed by atoms with van der Waals surface area (Å²) < 4.78 is 18.5. The molecule has 3 heterocycles. The number of aromatic nitrogens is 3. The number of fused-ring (bicyclic) bond motifs is 1. The summed E-state index contributed by atoms with van der Waals surface area (Å²) in [6.07, 6.45) is 3.36. The third kappa shape index (κ3) is 3.34. The Hall–Kier alpha value is -3.61. The molecule has 140 valence electrons. The van der Waals surface area contributed by atoms with Crippen LogP contribution >= 0.6 is 0 Å². The van der Waals surface area contributed by atoms with Gasteiger partial charge in [0.15, 0.2) is 0 Å². The third-order valence-electron chi connectivity index (χ3n) is 4.56. The van der Waals surface area contributed by atoms with Gasteiger partial charge in [-0.15, -0.1) is 0 Å². The van der Waals surface area contributed by atoms with Gasteiger partial charge in [0.05, 0.1) is 28.4 Å². The summed E-state index contributed by atoms with van der Waals surface area (Å²) in [6.45, 7) is 3.65. The lowest BCUT2D eigenvalue weighted by Gasteiger charge is -2.15. The Kier molecular flexibility index (Phi) is 4.57. The molecule has 1 aromatic carbocycles. The zero-order chi connectivity index (χ0) is 19.7. The van der Waals surface area contributed by atoms with Crippen molar-refractivity contribution in [2.75, 3.05) is 0 Å². The van der Waals surface area contributed by atoms with Crippen molar-refractivity contribution in [3.8, 4) is 11.3 Å². The van der Waals surface area contributed by atoms with E-state index >= 15 is 0 Å². The van der Waals surface area contributed by atoms with Crippen molar-refractivity contribution >= 4 is 17.0 Å². The highest BCUT2D eigenvalue weighted by Crippen LogP contribution is 2.27. The fraction of sp³-hybridized carbons (Fsp3) is 0.143. The molecule has 0 saturated carbocycles.